The van der Waals surface area contributed by atoms with Gasteiger partial charge in [0.2, 0.25) is 11.8 Å². The second-order valence-corrected chi connectivity index (χ2v) is 9.24. The van der Waals surface area contributed by atoms with Crippen LogP contribution < -0.4 is 10.1 Å². The molecule has 1 saturated heterocycles. The second kappa shape index (κ2) is 11.7. The molecule has 10 heteroatoms. The normalized spacial score (nSPS) is 16.4. The molecule has 0 aliphatic carbocycles. The van der Waals surface area contributed by atoms with Crippen LogP contribution in [0.3, 0.4) is 0 Å². The van der Waals surface area contributed by atoms with Crippen LogP contribution in [0.25, 0.3) is 0 Å². The highest BCUT2D eigenvalue weighted by Gasteiger charge is 2.36. The molecule has 0 saturated carbocycles. The van der Waals surface area contributed by atoms with Gasteiger partial charge < -0.3 is 14.8 Å². The Morgan fingerprint density at radius 3 is 2.32 bits per heavy atom. The number of benzene rings is 3. The van der Waals surface area contributed by atoms with Crippen LogP contribution >= 0.6 is 11.8 Å². The average molecular weight is 522 g/mol. The molecule has 1 heterocycles. The quantitative estimate of drug-likeness (QED) is 0.450. The van der Waals surface area contributed by atoms with Gasteiger partial charge in [0.15, 0.2) is 5.17 Å². The van der Waals surface area contributed by atoms with Gasteiger partial charge >= 0.3 is 5.97 Å². The first-order chi connectivity index (χ1) is 17.9. The van der Waals surface area contributed by atoms with Crippen LogP contribution in [-0.4, -0.2) is 47.3 Å². The molecule has 37 heavy (non-hydrogen) atoms. The van der Waals surface area contributed by atoms with E-state index in [1.807, 2.05) is 12.1 Å². The Kier molecular flexibility index (Phi) is 8.19. The molecule has 0 unspecified atom stereocenters. The van der Waals surface area contributed by atoms with Crippen LogP contribution in [0.15, 0.2) is 77.8 Å². The third-order valence-electron chi connectivity index (χ3n) is 5.56. The Morgan fingerprint density at radius 2 is 1.70 bits per heavy atom. The van der Waals surface area contributed by atoms with Crippen LogP contribution in [-0.2, 0) is 20.9 Å². The van der Waals surface area contributed by atoms with Crippen LogP contribution in [0.5, 0.6) is 5.75 Å². The van der Waals surface area contributed by atoms with Gasteiger partial charge in [0.1, 0.15) is 16.8 Å². The minimum Gasteiger partial charge on any atom is -0.497 e. The topological polar surface area (TPSA) is 97.3 Å². The lowest BCUT2D eigenvalue weighted by atomic mass is 10.1. The molecule has 0 bridgehead atoms. The van der Waals surface area contributed by atoms with Crippen molar-refractivity contribution >= 4 is 46.1 Å². The highest BCUT2D eigenvalue weighted by molar-refractivity contribution is 8.15. The summed E-state index contributed by atoms with van der Waals surface area (Å²) in [5.41, 5.74) is 2.14. The van der Waals surface area contributed by atoms with Crippen molar-refractivity contribution in [1.29, 1.82) is 0 Å². The zero-order valence-electron chi connectivity index (χ0n) is 20.1. The number of hydrogen-bond donors (Lipinski definition) is 1. The molecule has 3 aromatic carbocycles. The van der Waals surface area contributed by atoms with Crippen LogP contribution in [0.4, 0.5) is 15.8 Å². The summed E-state index contributed by atoms with van der Waals surface area (Å²) in [5.74, 6) is -0.830. The monoisotopic (exact) mass is 521 g/mol. The van der Waals surface area contributed by atoms with Gasteiger partial charge in [-0.15, -0.1) is 0 Å². The van der Waals surface area contributed by atoms with Crippen molar-refractivity contribution in [2.45, 2.75) is 18.2 Å². The van der Waals surface area contributed by atoms with Gasteiger partial charge in [0, 0.05) is 12.1 Å². The molecule has 0 radical (unpaired) electrons. The largest absolute Gasteiger partial charge is 0.497 e. The lowest BCUT2D eigenvalue weighted by molar-refractivity contribution is -0.129. The highest BCUT2D eigenvalue weighted by atomic mass is 32.2. The Morgan fingerprint density at radius 1 is 1.03 bits per heavy atom. The van der Waals surface area contributed by atoms with E-state index >= 15 is 0 Å². The Bertz CT molecular complexity index is 1310. The first-order valence-corrected chi connectivity index (χ1v) is 12.2. The number of nitrogens with zero attached hydrogens (tertiary/aromatic N) is 2. The lowest BCUT2D eigenvalue weighted by Crippen LogP contribution is -2.44. The lowest BCUT2D eigenvalue weighted by Gasteiger charge is -2.32. The van der Waals surface area contributed by atoms with Crippen LogP contribution in [0.2, 0.25) is 0 Å². The number of nitrogens with one attached hydrogen (secondary N) is 1. The number of methoxy groups -OCH3 is 2. The van der Waals surface area contributed by atoms with Crippen LogP contribution in [0.1, 0.15) is 22.3 Å². The zero-order chi connectivity index (χ0) is 26.4. The van der Waals surface area contributed by atoms with E-state index in [0.717, 1.165) is 17.3 Å². The molecule has 8 nitrogen and oxygen atoms in total. The van der Waals surface area contributed by atoms with Crippen molar-refractivity contribution < 1.29 is 28.2 Å². The highest BCUT2D eigenvalue weighted by Crippen LogP contribution is 2.31. The van der Waals surface area contributed by atoms with Gasteiger partial charge in [-0.2, -0.15) is 0 Å². The minimum absolute atomic E-state index is 0.0324. The fourth-order valence-corrected chi connectivity index (χ4v) is 4.66. The molecule has 0 aromatic heterocycles. The zero-order valence-corrected chi connectivity index (χ0v) is 21.0. The number of halogens is 1. The average Bonchev–Trinajstić information content (AvgIpc) is 2.92. The van der Waals surface area contributed by atoms with Gasteiger partial charge in [-0.3, -0.25) is 14.5 Å². The first kappa shape index (κ1) is 25.9. The molecule has 2 amide bonds. The fourth-order valence-electron chi connectivity index (χ4n) is 3.57. The molecule has 1 fully saturated rings. The third kappa shape index (κ3) is 6.53. The molecular weight excluding hydrogens is 497 g/mol. The van der Waals surface area contributed by atoms with Gasteiger partial charge in [0.25, 0.3) is 0 Å². The summed E-state index contributed by atoms with van der Waals surface area (Å²) in [7, 11) is 2.87. The number of rotatable bonds is 7. The van der Waals surface area contributed by atoms with Crippen LogP contribution in [0, 0.1) is 5.82 Å². The molecule has 3 aromatic rings. The molecule has 0 spiro atoms. The van der Waals surface area contributed by atoms with Gasteiger partial charge in [0.05, 0.1) is 32.0 Å². The van der Waals surface area contributed by atoms with Gasteiger partial charge in [-0.05, 0) is 66.2 Å². The van der Waals surface area contributed by atoms with Crippen molar-refractivity contribution in [3.63, 3.8) is 0 Å². The number of carbonyl (C=O) groups excluding carboxylic acids is 3. The Balaban J connectivity index is 1.55. The summed E-state index contributed by atoms with van der Waals surface area (Å²) in [4.78, 5) is 44.0. The number of amidine groups is 1. The van der Waals surface area contributed by atoms with Gasteiger partial charge in [-0.25, -0.2) is 14.2 Å². The van der Waals surface area contributed by atoms with Gasteiger partial charge in [-0.1, -0.05) is 23.9 Å². The maximum atomic E-state index is 13.4. The number of aliphatic imine (C=N–C) groups is 1. The summed E-state index contributed by atoms with van der Waals surface area (Å²) in [6, 6.07) is 19.1. The minimum atomic E-state index is -0.737. The fraction of sp³-hybridized carbons (Fsp3) is 0.185. The van der Waals surface area contributed by atoms with E-state index in [2.05, 4.69) is 15.0 Å². The summed E-state index contributed by atoms with van der Waals surface area (Å²) in [5, 5.41) is 2.38. The first-order valence-electron chi connectivity index (χ1n) is 11.3. The van der Waals surface area contributed by atoms with E-state index in [0.29, 0.717) is 27.9 Å². The molecule has 1 aliphatic rings. The Hall–Kier alpha value is -4.18. The number of hydrogen-bond acceptors (Lipinski definition) is 7. The molecule has 1 aliphatic heterocycles. The third-order valence-corrected chi connectivity index (χ3v) is 6.74. The number of thioether (sulfide) groups is 1. The maximum absolute atomic E-state index is 13.4. The van der Waals surface area contributed by atoms with E-state index < -0.39 is 17.0 Å². The van der Waals surface area contributed by atoms with Crippen molar-refractivity contribution in [2.24, 2.45) is 4.99 Å². The summed E-state index contributed by atoms with van der Waals surface area (Å²) >= 11 is 1.16. The van der Waals surface area contributed by atoms with E-state index in [1.54, 1.807) is 43.5 Å². The predicted octanol–water partition coefficient (Wildman–Crippen LogP) is 4.78. The maximum Gasteiger partial charge on any atom is 0.337 e. The van der Waals surface area contributed by atoms with E-state index in [9.17, 15) is 18.8 Å². The summed E-state index contributed by atoms with van der Waals surface area (Å²) in [6.45, 7) is 0.249. The standard InChI is InChI=1S/C27H24FN3O5S/c1-35-22-13-3-17(4-14-22)16-31-24(32)15-23(37-27(31)30-21-11-7-19(28)8-12-21)25(33)29-20-9-5-18(6-10-20)26(34)36-2/h3-14,23H,15-16H2,1-2H3,(H,29,33)/t23-/m0/s1. The van der Waals surface area contributed by atoms with E-state index in [-0.39, 0.29) is 24.8 Å². The van der Waals surface area contributed by atoms with Crippen molar-refractivity contribution in [2.75, 3.05) is 19.5 Å². The van der Waals surface area contributed by atoms with Crippen molar-refractivity contribution in [3.05, 3.63) is 89.7 Å². The molecule has 1 atom stereocenters. The van der Waals surface area contributed by atoms with Crippen molar-refractivity contribution in [3.8, 4) is 5.75 Å². The number of ether oxygens (including phenoxy) is 2. The molecule has 1 N–H and O–H groups in total. The molecule has 4 rings (SSSR count). The SMILES string of the molecule is COC(=O)c1ccc(NC(=O)[C@@H]2CC(=O)N(Cc3ccc(OC)cc3)C(=Nc3ccc(F)cc3)S2)cc1. The van der Waals surface area contributed by atoms with Crippen molar-refractivity contribution in [1.82, 2.24) is 4.90 Å². The number of esters is 1. The Labute approximate surface area is 217 Å². The van der Waals surface area contributed by atoms with E-state index in [1.165, 1.54) is 36.3 Å². The summed E-state index contributed by atoms with van der Waals surface area (Å²) in [6.07, 6.45) is -0.0324. The van der Waals surface area contributed by atoms with E-state index in [4.69, 9.17) is 4.74 Å². The smallest absolute Gasteiger partial charge is 0.337 e. The summed E-state index contributed by atoms with van der Waals surface area (Å²) < 4.78 is 23.3. The molecular formula is C27H24FN3O5S. The number of anilines is 1. The number of carbonyl (C=O) groups is 3. The molecule has 190 valence electrons. The number of amides is 2. The second-order valence-electron chi connectivity index (χ2n) is 8.07. The predicted molar refractivity (Wildman–Crippen MR) is 139 cm³/mol.